The monoisotopic (exact) mass is 371 g/mol. The minimum Gasteiger partial charge on any atom is -0.468 e. The average molecular weight is 372 g/mol. The molecule has 1 N–H and O–H groups in total. The Labute approximate surface area is 136 Å². The van der Waals surface area contributed by atoms with Gasteiger partial charge >= 0.3 is 12.4 Å². The number of nitrogens with one attached hydrogen (secondary N) is 1. The molecule has 1 aromatic heterocycles. The number of benzene rings is 1. The predicted molar refractivity (Wildman–Crippen MR) is 73.3 cm³/mol. The lowest BCUT2D eigenvalue weighted by atomic mass is 10.2. The summed E-state index contributed by atoms with van der Waals surface area (Å²) in [6.07, 6.45) is -9.13. The summed E-state index contributed by atoms with van der Waals surface area (Å²) >= 11 is 5.64. The highest BCUT2D eigenvalue weighted by molar-refractivity contribution is 6.29. The molecule has 2 aromatic rings. The third-order valence-corrected chi connectivity index (χ3v) is 2.69. The Morgan fingerprint density at radius 3 is 2.38 bits per heavy atom. The second-order valence-electron chi connectivity index (χ2n) is 4.46. The Morgan fingerprint density at radius 1 is 1.04 bits per heavy atom. The van der Waals surface area contributed by atoms with Crippen molar-refractivity contribution >= 4 is 23.2 Å². The smallest absolute Gasteiger partial charge is 0.422 e. The van der Waals surface area contributed by atoms with Crippen LogP contribution >= 0.6 is 11.6 Å². The lowest BCUT2D eigenvalue weighted by molar-refractivity contribution is -0.154. The zero-order chi connectivity index (χ0) is 18.0. The van der Waals surface area contributed by atoms with Crippen molar-refractivity contribution in [3.05, 3.63) is 41.0 Å². The Hall–Kier alpha value is -2.23. The molecule has 0 saturated heterocycles. The first-order valence-electron chi connectivity index (χ1n) is 6.21. The van der Waals surface area contributed by atoms with Crippen molar-refractivity contribution < 1.29 is 31.1 Å². The van der Waals surface area contributed by atoms with E-state index in [2.05, 4.69) is 20.0 Å². The Balaban J connectivity index is 2.19. The van der Waals surface area contributed by atoms with Gasteiger partial charge in [-0.1, -0.05) is 17.7 Å². The number of alkyl halides is 6. The number of halogens is 7. The summed E-state index contributed by atoms with van der Waals surface area (Å²) in [5.41, 5.74) is -0.933. The maximum Gasteiger partial charge on any atom is 0.422 e. The van der Waals surface area contributed by atoms with E-state index >= 15 is 0 Å². The third kappa shape index (κ3) is 5.44. The van der Waals surface area contributed by atoms with Gasteiger partial charge in [0.1, 0.15) is 5.15 Å². The molecule has 0 saturated carbocycles. The standard InChI is InChI=1S/C13H8ClF6N3O/c14-9-5-10(24-6-12(15,16)17)23-11(22-9)21-8-3-1-2-7(4-8)13(18,19)20/h1-5H,6H2,(H,21,22,23). The molecular formula is C13H8ClF6N3O. The zero-order valence-corrected chi connectivity index (χ0v) is 12.3. The van der Waals surface area contributed by atoms with Crippen LogP contribution in [0.4, 0.5) is 38.0 Å². The molecule has 0 fully saturated rings. The van der Waals surface area contributed by atoms with E-state index in [0.29, 0.717) is 0 Å². The topological polar surface area (TPSA) is 47.0 Å². The summed E-state index contributed by atoms with van der Waals surface area (Å²) in [7, 11) is 0. The van der Waals surface area contributed by atoms with E-state index < -0.39 is 30.4 Å². The normalized spacial score (nSPS) is 12.1. The third-order valence-electron chi connectivity index (χ3n) is 2.50. The van der Waals surface area contributed by atoms with Crippen LogP contribution in [0.15, 0.2) is 30.3 Å². The van der Waals surface area contributed by atoms with Gasteiger partial charge in [0, 0.05) is 11.8 Å². The maximum atomic E-state index is 12.6. The predicted octanol–water partition coefficient (Wildman–Crippen LogP) is 4.83. The molecule has 0 spiro atoms. The average Bonchev–Trinajstić information content (AvgIpc) is 2.43. The lowest BCUT2D eigenvalue weighted by Gasteiger charge is -2.12. The molecule has 0 bridgehead atoms. The molecule has 4 nitrogen and oxygen atoms in total. The number of ether oxygens (including phenoxy) is 1. The van der Waals surface area contributed by atoms with Crippen LogP contribution in [-0.4, -0.2) is 22.8 Å². The van der Waals surface area contributed by atoms with Gasteiger partial charge in [-0.3, -0.25) is 0 Å². The molecule has 1 heterocycles. The lowest BCUT2D eigenvalue weighted by Crippen LogP contribution is -2.19. The van der Waals surface area contributed by atoms with E-state index in [0.717, 1.165) is 24.3 Å². The fourth-order valence-electron chi connectivity index (χ4n) is 1.58. The van der Waals surface area contributed by atoms with E-state index in [9.17, 15) is 26.3 Å². The molecule has 130 valence electrons. The Kier molecular flexibility index (Phi) is 5.07. The van der Waals surface area contributed by atoms with E-state index in [1.54, 1.807) is 0 Å². The minimum absolute atomic E-state index is 0.0196. The van der Waals surface area contributed by atoms with Crippen molar-refractivity contribution in [3.8, 4) is 5.88 Å². The number of hydrogen-bond donors (Lipinski definition) is 1. The molecule has 0 atom stereocenters. The molecule has 24 heavy (non-hydrogen) atoms. The van der Waals surface area contributed by atoms with Crippen LogP contribution in [0.1, 0.15) is 5.56 Å². The molecule has 11 heteroatoms. The summed E-state index contributed by atoms with van der Waals surface area (Å²) in [6, 6.07) is 5.06. The van der Waals surface area contributed by atoms with Gasteiger partial charge in [-0.05, 0) is 18.2 Å². The quantitative estimate of drug-likeness (QED) is 0.617. The summed E-state index contributed by atoms with van der Waals surface area (Å²) in [5, 5.41) is 2.19. The van der Waals surface area contributed by atoms with Crippen LogP contribution in [0.2, 0.25) is 5.15 Å². The van der Waals surface area contributed by atoms with Crippen LogP contribution in [0.5, 0.6) is 5.88 Å². The zero-order valence-electron chi connectivity index (χ0n) is 11.5. The Bertz CT molecular complexity index is 720. The van der Waals surface area contributed by atoms with E-state index in [4.69, 9.17) is 11.6 Å². The molecule has 0 amide bonds. The van der Waals surface area contributed by atoms with Crippen LogP contribution < -0.4 is 10.1 Å². The maximum absolute atomic E-state index is 12.6. The van der Waals surface area contributed by atoms with Crippen molar-refractivity contribution in [3.63, 3.8) is 0 Å². The SMILES string of the molecule is FC(F)(F)COc1cc(Cl)nc(Nc2cccc(C(F)(F)F)c2)n1. The highest BCUT2D eigenvalue weighted by Crippen LogP contribution is 2.31. The first-order valence-corrected chi connectivity index (χ1v) is 6.59. The fraction of sp³-hybridized carbons (Fsp3) is 0.231. The van der Waals surface area contributed by atoms with Crippen LogP contribution in [0.3, 0.4) is 0 Å². The van der Waals surface area contributed by atoms with Crippen molar-refractivity contribution in [1.29, 1.82) is 0 Å². The summed E-state index contributed by atoms with van der Waals surface area (Å²) in [5.74, 6) is -0.777. The van der Waals surface area contributed by atoms with E-state index in [1.165, 1.54) is 6.07 Å². The largest absolute Gasteiger partial charge is 0.468 e. The van der Waals surface area contributed by atoms with Gasteiger partial charge in [0.05, 0.1) is 5.56 Å². The van der Waals surface area contributed by atoms with Crippen molar-refractivity contribution in [2.45, 2.75) is 12.4 Å². The van der Waals surface area contributed by atoms with Crippen LogP contribution in [0.25, 0.3) is 0 Å². The van der Waals surface area contributed by atoms with Crippen LogP contribution in [0, 0.1) is 0 Å². The van der Waals surface area contributed by atoms with Gasteiger partial charge in [-0.15, -0.1) is 0 Å². The van der Waals surface area contributed by atoms with E-state index in [-0.39, 0.29) is 16.8 Å². The molecule has 2 rings (SSSR count). The highest BCUT2D eigenvalue weighted by Gasteiger charge is 2.30. The van der Waals surface area contributed by atoms with Gasteiger partial charge in [-0.2, -0.15) is 31.3 Å². The molecule has 0 aliphatic carbocycles. The number of hydrogen-bond acceptors (Lipinski definition) is 4. The molecular weight excluding hydrogens is 364 g/mol. The van der Waals surface area contributed by atoms with Crippen molar-refractivity contribution in [2.24, 2.45) is 0 Å². The molecule has 0 unspecified atom stereocenters. The molecule has 0 radical (unpaired) electrons. The van der Waals surface area contributed by atoms with Gasteiger partial charge in [0.25, 0.3) is 0 Å². The first-order chi connectivity index (χ1) is 11.0. The second-order valence-corrected chi connectivity index (χ2v) is 4.85. The van der Waals surface area contributed by atoms with Crippen molar-refractivity contribution in [1.82, 2.24) is 9.97 Å². The fourth-order valence-corrected chi connectivity index (χ4v) is 1.76. The van der Waals surface area contributed by atoms with Gasteiger partial charge in [0.15, 0.2) is 6.61 Å². The van der Waals surface area contributed by atoms with Gasteiger partial charge in [0.2, 0.25) is 11.8 Å². The van der Waals surface area contributed by atoms with Crippen LogP contribution in [-0.2, 0) is 6.18 Å². The Morgan fingerprint density at radius 2 is 1.75 bits per heavy atom. The van der Waals surface area contributed by atoms with Crippen molar-refractivity contribution in [2.75, 3.05) is 11.9 Å². The number of nitrogens with zero attached hydrogens (tertiary/aromatic N) is 2. The molecule has 1 aromatic carbocycles. The first kappa shape index (κ1) is 18.1. The summed E-state index contributed by atoms with van der Waals surface area (Å²) in [4.78, 5) is 7.28. The summed E-state index contributed by atoms with van der Waals surface area (Å²) < 4.78 is 78.7. The minimum atomic E-state index is -4.58. The van der Waals surface area contributed by atoms with E-state index in [1.807, 2.05) is 0 Å². The second kappa shape index (κ2) is 6.71. The molecule has 0 aliphatic rings. The number of anilines is 2. The summed E-state index contributed by atoms with van der Waals surface area (Å²) in [6.45, 7) is -1.59. The van der Waals surface area contributed by atoms with Gasteiger partial charge in [-0.25, -0.2) is 4.98 Å². The molecule has 0 aliphatic heterocycles. The number of aromatic nitrogens is 2. The highest BCUT2D eigenvalue weighted by atomic mass is 35.5. The number of rotatable bonds is 4. The van der Waals surface area contributed by atoms with Gasteiger partial charge < -0.3 is 10.1 Å².